The van der Waals surface area contributed by atoms with Gasteiger partial charge in [-0.1, -0.05) is 0 Å². The second-order valence-corrected chi connectivity index (χ2v) is 4.26. The minimum atomic E-state index is -4.28. The van der Waals surface area contributed by atoms with Gasteiger partial charge in [-0.3, -0.25) is 16.0 Å². The molecule has 1 rings (SSSR count). The van der Waals surface area contributed by atoms with Gasteiger partial charge in [-0.05, 0) is 12.8 Å². The van der Waals surface area contributed by atoms with Gasteiger partial charge in [0.25, 0.3) is 10.1 Å². The third-order valence-electron chi connectivity index (χ3n) is 1.66. The summed E-state index contributed by atoms with van der Waals surface area (Å²) in [5.74, 6) is -0.275. The van der Waals surface area contributed by atoms with Crippen LogP contribution in [0, 0.1) is 5.92 Å². The van der Waals surface area contributed by atoms with Crippen molar-refractivity contribution in [3.05, 3.63) is 0 Å². The van der Waals surface area contributed by atoms with E-state index in [9.17, 15) is 8.42 Å². The lowest BCUT2D eigenvalue weighted by Crippen LogP contribution is -2.57. The molecule has 0 saturated heterocycles. The summed E-state index contributed by atoms with van der Waals surface area (Å²) in [7, 11) is -4.28. The largest absolute Gasteiger partial charge is 0.298 e. The van der Waals surface area contributed by atoms with Crippen LogP contribution in [0.5, 0.6) is 0 Å². The van der Waals surface area contributed by atoms with E-state index in [0.29, 0.717) is 12.8 Å². The molecule has 0 spiro atoms. The number of rotatable bonds is 2. The van der Waals surface area contributed by atoms with Crippen LogP contribution >= 0.6 is 0 Å². The van der Waals surface area contributed by atoms with Crippen LogP contribution in [0.4, 0.5) is 0 Å². The minimum Gasteiger partial charge on any atom is -0.298 e. The summed E-state index contributed by atoms with van der Waals surface area (Å²) in [6.45, 7) is 0. The topological polar surface area (TPSA) is 106 Å². The molecule has 0 aliphatic heterocycles. The number of hydrogen-bond acceptors (Lipinski definition) is 4. The molecule has 0 aromatic rings. The SMILES string of the molecule is NC(N)(C1CC1)S(=O)(=O)O. The maximum atomic E-state index is 10.4. The second-order valence-electron chi connectivity index (χ2n) is 2.60. The molecule has 0 unspecified atom stereocenters. The summed E-state index contributed by atoms with van der Waals surface area (Å²) in [6, 6.07) is 0. The van der Waals surface area contributed by atoms with E-state index in [1.165, 1.54) is 0 Å². The van der Waals surface area contributed by atoms with Crippen LogP contribution in [0.3, 0.4) is 0 Å². The highest BCUT2D eigenvalue weighted by Crippen LogP contribution is 2.37. The van der Waals surface area contributed by atoms with E-state index < -0.39 is 15.1 Å². The Kier molecular flexibility index (Phi) is 1.52. The number of hydrogen-bond donors (Lipinski definition) is 3. The van der Waals surface area contributed by atoms with Gasteiger partial charge in [-0.25, -0.2) is 0 Å². The highest BCUT2D eigenvalue weighted by Gasteiger charge is 2.48. The fourth-order valence-electron chi connectivity index (χ4n) is 0.745. The molecule has 0 aromatic carbocycles. The normalized spacial score (nSPS) is 21.1. The zero-order valence-corrected chi connectivity index (χ0v) is 6.13. The zero-order valence-electron chi connectivity index (χ0n) is 5.32. The van der Waals surface area contributed by atoms with Crippen LogP contribution in [0.25, 0.3) is 0 Å². The molecule has 5 nitrogen and oxygen atoms in total. The Morgan fingerprint density at radius 3 is 1.90 bits per heavy atom. The molecule has 0 radical (unpaired) electrons. The van der Waals surface area contributed by atoms with Crippen LogP contribution in [-0.4, -0.2) is 18.0 Å². The molecule has 1 saturated carbocycles. The van der Waals surface area contributed by atoms with E-state index in [-0.39, 0.29) is 5.92 Å². The van der Waals surface area contributed by atoms with Crippen molar-refractivity contribution in [1.29, 1.82) is 0 Å². The first kappa shape index (κ1) is 7.93. The van der Waals surface area contributed by atoms with Crippen molar-refractivity contribution < 1.29 is 13.0 Å². The molecule has 0 bridgehead atoms. The molecule has 6 heteroatoms. The lowest BCUT2D eigenvalue weighted by atomic mass is 10.3. The zero-order chi connectivity index (χ0) is 7.99. The maximum absolute atomic E-state index is 10.4. The highest BCUT2D eigenvalue weighted by atomic mass is 32.2. The first-order valence-electron chi connectivity index (χ1n) is 2.90. The third-order valence-corrected chi connectivity index (χ3v) is 2.89. The molecule has 1 aliphatic carbocycles. The van der Waals surface area contributed by atoms with Crippen LogP contribution in [0.1, 0.15) is 12.8 Å². The Morgan fingerprint density at radius 2 is 1.80 bits per heavy atom. The predicted molar refractivity (Wildman–Crippen MR) is 35.4 cm³/mol. The van der Waals surface area contributed by atoms with Gasteiger partial charge in [0.1, 0.15) is 0 Å². The van der Waals surface area contributed by atoms with Crippen LogP contribution in [0.2, 0.25) is 0 Å². The Morgan fingerprint density at radius 1 is 1.40 bits per heavy atom. The van der Waals surface area contributed by atoms with E-state index in [1.807, 2.05) is 0 Å². The fraction of sp³-hybridized carbons (Fsp3) is 1.00. The minimum absolute atomic E-state index is 0.275. The Labute approximate surface area is 59.1 Å². The van der Waals surface area contributed by atoms with Crippen molar-refractivity contribution in [2.24, 2.45) is 17.4 Å². The van der Waals surface area contributed by atoms with Gasteiger partial charge in [0.2, 0.25) is 0 Å². The van der Waals surface area contributed by atoms with Crippen molar-refractivity contribution in [3.8, 4) is 0 Å². The lowest BCUT2D eigenvalue weighted by molar-refractivity contribution is 0.406. The van der Waals surface area contributed by atoms with E-state index in [1.54, 1.807) is 0 Å². The predicted octanol–water partition coefficient (Wildman–Crippen LogP) is -1.14. The molecular weight excluding hydrogens is 156 g/mol. The average molecular weight is 166 g/mol. The summed E-state index contributed by atoms with van der Waals surface area (Å²) in [6.07, 6.45) is 1.35. The standard InChI is InChI=1S/C4H10N2O3S/c5-4(6,3-1-2-3)10(7,8)9/h3H,1-2,5-6H2,(H,7,8,9). The van der Waals surface area contributed by atoms with Gasteiger partial charge in [0.15, 0.2) is 4.99 Å². The summed E-state index contributed by atoms with van der Waals surface area (Å²) in [5, 5.41) is 0. The van der Waals surface area contributed by atoms with Crippen LogP contribution in [0.15, 0.2) is 0 Å². The Balaban J connectivity index is 2.86. The van der Waals surface area contributed by atoms with Gasteiger partial charge in [0.05, 0.1) is 0 Å². The molecule has 0 aromatic heterocycles. The smallest absolute Gasteiger partial charge is 0.297 e. The fourth-order valence-corrected chi connectivity index (χ4v) is 1.40. The first-order valence-corrected chi connectivity index (χ1v) is 4.34. The Hall–Kier alpha value is -0.170. The summed E-state index contributed by atoms with van der Waals surface area (Å²) >= 11 is 0. The van der Waals surface area contributed by atoms with Crippen molar-refractivity contribution in [3.63, 3.8) is 0 Å². The third kappa shape index (κ3) is 1.15. The number of nitrogens with two attached hydrogens (primary N) is 2. The summed E-state index contributed by atoms with van der Waals surface area (Å²) in [4.78, 5) is -1.92. The van der Waals surface area contributed by atoms with Crippen LogP contribution < -0.4 is 11.5 Å². The van der Waals surface area contributed by atoms with E-state index in [2.05, 4.69) is 0 Å². The molecule has 1 fully saturated rings. The quantitative estimate of drug-likeness (QED) is 0.355. The van der Waals surface area contributed by atoms with Gasteiger partial charge >= 0.3 is 0 Å². The van der Waals surface area contributed by atoms with Crippen molar-refractivity contribution in [1.82, 2.24) is 0 Å². The van der Waals surface area contributed by atoms with E-state index in [0.717, 1.165) is 0 Å². The summed E-state index contributed by atoms with van der Waals surface area (Å²) < 4.78 is 29.4. The monoisotopic (exact) mass is 166 g/mol. The highest BCUT2D eigenvalue weighted by molar-refractivity contribution is 7.87. The molecule has 0 heterocycles. The Bertz CT molecular complexity index is 229. The lowest BCUT2D eigenvalue weighted by Gasteiger charge is -2.19. The molecule has 60 valence electrons. The summed E-state index contributed by atoms with van der Waals surface area (Å²) in [5.41, 5.74) is 10.3. The van der Waals surface area contributed by atoms with Gasteiger partial charge in [-0.2, -0.15) is 8.42 Å². The van der Waals surface area contributed by atoms with Gasteiger partial charge < -0.3 is 0 Å². The molecule has 1 aliphatic rings. The molecule has 0 amide bonds. The van der Waals surface area contributed by atoms with E-state index in [4.69, 9.17) is 16.0 Å². The first-order chi connectivity index (χ1) is 4.36. The molecule has 5 N–H and O–H groups in total. The molecule has 10 heavy (non-hydrogen) atoms. The van der Waals surface area contributed by atoms with Crippen molar-refractivity contribution in [2.45, 2.75) is 17.8 Å². The van der Waals surface area contributed by atoms with Crippen LogP contribution in [-0.2, 0) is 10.1 Å². The van der Waals surface area contributed by atoms with Gasteiger partial charge in [0, 0.05) is 5.92 Å². The van der Waals surface area contributed by atoms with Crippen molar-refractivity contribution in [2.75, 3.05) is 0 Å². The van der Waals surface area contributed by atoms with Crippen molar-refractivity contribution >= 4 is 10.1 Å². The van der Waals surface area contributed by atoms with E-state index >= 15 is 0 Å². The second kappa shape index (κ2) is 1.91. The maximum Gasteiger partial charge on any atom is 0.297 e. The molecule has 0 atom stereocenters. The molecular formula is C4H10N2O3S. The van der Waals surface area contributed by atoms with Gasteiger partial charge in [-0.15, -0.1) is 0 Å². The average Bonchev–Trinajstić information content (AvgIpc) is 2.38.